The maximum atomic E-state index is 12.9. The number of ketones is 1. The van der Waals surface area contributed by atoms with E-state index in [0.717, 1.165) is 12.0 Å². The molecule has 0 radical (unpaired) electrons. The molecule has 0 aromatic heterocycles. The Morgan fingerprint density at radius 2 is 2.05 bits per heavy atom. The van der Waals surface area contributed by atoms with E-state index in [9.17, 15) is 9.90 Å². The van der Waals surface area contributed by atoms with Crippen molar-refractivity contribution in [2.75, 3.05) is 13.2 Å². The number of epoxide rings is 1. The van der Waals surface area contributed by atoms with Crippen molar-refractivity contribution in [3.05, 3.63) is 35.9 Å². The van der Waals surface area contributed by atoms with Gasteiger partial charge in [-0.15, -0.1) is 0 Å². The van der Waals surface area contributed by atoms with Crippen molar-refractivity contribution >= 4 is 21.7 Å². The molecule has 0 amide bonds. The van der Waals surface area contributed by atoms with Crippen LogP contribution in [-0.4, -0.2) is 34.5 Å². The molecular formula is C16H17BrO3. The van der Waals surface area contributed by atoms with E-state index in [1.165, 1.54) is 0 Å². The third kappa shape index (κ3) is 1.45. The Labute approximate surface area is 126 Å². The average Bonchev–Trinajstić information content (AvgIpc) is 3.26. The van der Waals surface area contributed by atoms with E-state index in [1.54, 1.807) is 0 Å². The zero-order valence-electron chi connectivity index (χ0n) is 11.1. The van der Waals surface area contributed by atoms with Crippen molar-refractivity contribution in [2.24, 2.45) is 11.3 Å². The van der Waals surface area contributed by atoms with Gasteiger partial charge in [0, 0.05) is 10.7 Å². The van der Waals surface area contributed by atoms with E-state index in [2.05, 4.69) is 28.1 Å². The molecule has 5 rings (SSSR count). The molecule has 1 aliphatic heterocycles. The minimum Gasteiger partial charge on any atom is -0.395 e. The number of aliphatic hydroxyl groups excluding tert-OH is 1. The van der Waals surface area contributed by atoms with Gasteiger partial charge in [-0.25, -0.2) is 0 Å². The molecule has 3 aliphatic carbocycles. The van der Waals surface area contributed by atoms with E-state index in [0.29, 0.717) is 13.0 Å². The quantitative estimate of drug-likeness (QED) is 0.665. The summed E-state index contributed by atoms with van der Waals surface area (Å²) in [6, 6.07) is 10.1. The highest BCUT2D eigenvalue weighted by Gasteiger charge is 2.73. The first-order chi connectivity index (χ1) is 9.64. The smallest absolute Gasteiger partial charge is 0.176 e. The van der Waals surface area contributed by atoms with E-state index in [-0.39, 0.29) is 29.1 Å². The van der Waals surface area contributed by atoms with Gasteiger partial charge in [-0.1, -0.05) is 46.3 Å². The number of ether oxygens (including phenoxy) is 1. The van der Waals surface area contributed by atoms with Gasteiger partial charge in [-0.2, -0.15) is 0 Å². The molecule has 1 N–H and O–H groups in total. The van der Waals surface area contributed by atoms with E-state index in [4.69, 9.17) is 4.74 Å². The van der Waals surface area contributed by atoms with Gasteiger partial charge in [-0.3, -0.25) is 4.79 Å². The summed E-state index contributed by atoms with van der Waals surface area (Å²) in [6.07, 6.45) is 1.61. The second-order valence-corrected chi connectivity index (χ2v) is 7.52. The fourth-order valence-corrected chi connectivity index (χ4v) is 5.61. The zero-order valence-corrected chi connectivity index (χ0v) is 12.7. The Bertz CT molecular complexity index is 554. The van der Waals surface area contributed by atoms with Gasteiger partial charge in [0.05, 0.1) is 18.6 Å². The first kappa shape index (κ1) is 13.0. The van der Waals surface area contributed by atoms with E-state index >= 15 is 0 Å². The molecule has 20 heavy (non-hydrogen) atoms. The van der Waals surface area contributed by atoms with E-state index in [1.807, 2.05) is 18.2 Å². The van der Waals surface area contributed by atoms with Crippen molar-refractivity contribution in [3.63, 3.8) is 0 Å². The highest BCUT2D eigenvalue weighted by atomic mass is 79.9. The Balaban J connectivity index is 1.82. The Morgan fingerprint density at radius 1 is 1.35 bits per heavy atom. The Kier molecular flexibility index (Phi) is 2.70. The van der Waals surface area contributed by atoms with Crippen molar-refractivity contribution in [1.82, 2.24) is 0 Å². The lowest BCUT2D eigenvalue weighted by Crippen LogP contribution is -2.63. The summed E-state index contributed by atoms with van der Waals surface area (Å²) in [4.78, 5) is 13.2. The van der Waals surface area contributed by atoms with Gasteiger partial charge >= 0.3 is 0 Å². The number of carbonyl (C=O) groups excluding carboxylic acids is 1. The van der Waals surface area contributed by atoms with Crippen LogP contribution in [0.3, 0.4) is 0 Å². The van der Waals surface area contributed by atoms with Gasteiger partial charge in [0.2, 0.25) is 0 Å². The van der Waals surface area contributed by atoms with Crippen LogP contribution in [0.2, 0.25) is 0 Å². The number of benzene rings is 1. The van der Waals surface area contributed by atoms with Crippen LogP contribution in [0.4, 0.5) is 0 Å². The molecule has 4 fully saturated rings. The van der Waals surface area contributed by atoms with E-state index < -0.39 is 11.0 Å². The summed E-state index contributed by atoms with van der Waals surface area (Å²) >= 11 is 3.72. The number of hydrogen-bond donors (Lipinski definition) is 1. The molecule has 3 nitrogen and oxygen atoms in total. The number of rotatable bonds is 2. The monoisotopic (exact) mass is 336 g/mol. The number of alkyl halides is 1. The van der Waals surface area contributed by atoms with Crippen LogP contribution in [0.1, 0.15) is 24.3 Å². The molecule has 1 heterocycles. The average molecular weight is 337 g/mol. The summed E-state index contributed by atoms with van der Waals surface area (Å²) in [6.45, 7) is 0.438. The standard InChI is InChI=1S/C16H17BrO3/c17-13-7-15(8-18)11(10-4-2-1-3-5-10)6-12(13)16(9-20-16)14(15)19/h1-5,11-13,18H,6-9H2/t11?,12?,13?,15?,16-/m0/s1. The van der Waals surface area contributed by atoms with Crippen LogP contribution in [0.25, 0.3) is 0 Å². The molecule has 3 saturated carbocycles. The molecule has 2 bridgehead atoms. The number of Topliss-reactive ketones (excluding diaryl/α,β-unsaturated/α-hetero) is 1. The van der Waals surface area contributed by atoms with Crippen molar-refractivity contribution in [2.45, 2.75) is 29.2 Å². The summed E-state index contributed by atoms with van der Waals surface area (Å²) < 4.78 is 5.57. The van der Waals surface area contributed by atoms with Crippen LogP contribution in [-0.2, 0) is 9.53 Å². The van der Waals surface area contributed by atoms with Gasteiger partial charge < -0.3 is 9.84 Å². The summed E-state index contributed by atoms with van der Waals surface area (Å²) in [5, 5.41) is 10.0. The van der Waals surface area contributed by atoms with Crippen LogP contribution in [0.15, 0.2) is 30.3 Å². The minimum absolute atomic E-state index is 0.0919. The first-order valence-electron chi connectivity index (χ1n) is 7.13. The highest BCUT2D eigenvalue weighted by molar-refractivity contribution is 9.09. The molecule has 1 aromatic carbocycles. The van der Waals surface area contributed by atoms with Crippen LogP contribution in [0.5, 0.6) is 0 Å². The zero-order chi connectivity index (χ0) is 14.0. The molecule has 5 atom stereocenters. The normalized spacial score (nSPS) is 45.9. The second kappa shape index (κ2) is 4.15. The second-order valence-electron chi connectivity index (χ2n) is 6.35. The first-order valence-corrected chi connectivity index (χ1v) is 8.04. The minimum atomic E-state index is -0.680. The number of fused-ring (bicyclic) bond motifs is 2. The third-order valence-electron chi connectivity index (χ3n) is 5.53. The number of hydrogen-bond acceptors (Lipinski definition) is 3. The Morgan fingerprint density at radius 3 is 2.65 bits per heavy atom. The largest absolute Gasteiger partial charge is 0.395 e. The summed E-state index contributed by atoms with van der Waals surface area (Å²) in [7, 11) is 0. The summed E-state index contributed by atoms with van der Waals surface area (Å²) in [5.41, 5.74) is -0.115. The lowest BCUT2D eigenvalue weighted by molar-refractivity contribution is -0.153. The fraction of sp³-hybridized carbons (Fsp3) is 0.562. The molecule has 1 spiro atoms. The van der Waals surface area contributed by atoms with Gasteiger partial charge in [0.15, 0.2) is 11.4 Å². The maximum Gasteiger partial charge on any atom is 0.176 e. The number of carbonyl (C=O) groups is 1. The predicted octanol–water partition coefficient (Wildman–Crippen LogP) is 2.27. The maximum absolute atomic E-state index is 12.9. The molecule has 1 aromatic rings. The fourth-order valence-electron chi connectivity index (χ4n) is 4.39. The predicted molar refractivity (Wildman–Crippen MR) is 77.8 cm³/mol. The molecular weight excluding hydrogens is 320 g/mol. The van der Waals surface area contributed by atoms with Crippen molar-refractivity contribution in [1.29, 1.82) is 0 Å². The number of halogens is 1. The molecule has 106 valence electrons. The molecule has 4 unspecified atom stereocenters. The van der Waals surface area contributed by atoms with Crippen molar-refractivity contribution in [3.8, 4) is 0 Å². The van der Waals surface area contributed by atoms with Gasteiger partial charge in [0.1, 0.15) is 0 Å². The van der Waals surface area contributed by atoms with Gasteiger partial charge in [-0.05, 0) is 24.3 Å². The Hall–Kier alpha value is -0.710. The van der Waals surface area contributed by atoms with Gasteiger partial charge in [0.25, 0.3) is 0 Å². The third-order valence-corrected chi connectivity index (χ3v) is 6.49. The SMILES string of the molecule is O=C1C2(CO)CC(Br)C(CC2c2ccccc2)[C@@]12CO2. The number of aliphatic hydroxyl groups is 1. The topological polar surface area (TPSA) is 49.8 Å². The highest BCUT2D eigenvalue weighted by Crippen LogP contribution is 2.64. The molecule has 1 saturated heterocycles. The van der Waals surface area contributed by atoms with Crippen LogP contribution < -0.4 is 0 Å². The molecule has 4 heteroatoms. The van der Waals surface area contributed by atoms with Crippen LogP contribution in [0, 0.1) is 11.3 Å². The lowest BCUT2D eigenvalue weighted by Gasteiger charge is -2.55. The van der Waals surface area contributed by atoms with Crippen molar-refractivity contribution < 1.29 is 14.6 Å². The van der Waals surface area contributed by atoms with Crippen LogP contribution >= 0.6 is 15.9 Å². The molecule has 4 aliphatic rings. The summed E-state index contributed by atoms with van der Waals surface area (Å²) in [5.74, 6) is 0.469. The lowest BCUT2D eigenvalue weighted by atomic mass is 9.49.